The van der Waals surface area contributed by atoms with Crippen LogP contribution in [0.3, 0.4) is 0 Å². The van der Waals surface area contributed by atoms with Gasteiger partial charge in [0.1, 0.15) is 6.07 Å². The van der Waals surface area contributed by atoms with Gasteiger partial charge in [-0.05, 0) is 19.1 Å². The van der Waals surface area contributed by atoms with E-state index in [0.29, 0.717) is 6.07 Å². The molecule has 1 aromatic carbocycles. The fourth-order valence-corrected chi connectivity index (χ4v) is 1.48. The molecule has 0 fully saturated rings. The average molecular weight is 278 g/mol. The molecule has 0 saturated heterocycles. The van der Waals surface area contributed by atoms with E-state index in [0.717, 1.165) is 6.07 Å². The number of esters is 1. The first-order chi connectivity index (χ1) is 8.31. The van der Waals surface area contributed by atoms with Crippen LogP contribution in [0, 0.1) is 11.3 Å². The largest absolute Gasteiger partial charge is 0.462 e. The monoisotopic (exact) mass is 277 g/mol. The van der Waals surface area contributed by atoms with Crippen molar-refractivity contribution in [2.24, 2.45) is 0 Å². The van der Waals surface area contributed by atoms with Crippen LogP contribution in [-0.4, -0.2) is 12.6 Å². The minimum absolute atomic E-state index is 0.0618. The van der Waals surface area contributed by atoms with Gasteiger partial charge in [0.2, 0.25) is 0 Å². The minimum atomic E-state index is -4.77. The first-order valence-electron chi connectivity index (χ1n) is 4.79. The zero-order valence-corrected chi connectivity index (χ0v) is 9.89. The first kappa shape index (κ1) is 14.3. The molecule has 0 heterocycles. The molecule has 0 aliphatic heterocycles. The van der Waals surface area contributed by atoms with Crippen molar-refractivity contribution in [3.8, 4) is 6.07 Å². The van der Waals surface area contributed by atoms with Gasteiger partial charge in [0.05, 0.1) is 28.3 Å². The van der Waals surface area contributed by atoms with Crippen LogP contribution >= 0.6 is 11.6 Å². The van der Waals surface area contributed by atoms with Gasteiger partial charge in [-0.1, -0.05) is 11.6 Å². The van der Waals surface area contributed by atoms with Gasteiger partial charge in [-0.3, -0.25) is 0 Å². The second-order valence-electron chi connectivity index (χ2n) is 3.21. The van der Waals surface area contributed by atoms with Gasteiger partial charge in [0, 0.05) is 0 Å². The van der Waals surface area contributed by atoms with E-state index in [-0.39, 0.29) is 17.2 Å². The number of halogens is 4. The number of carbonyl (C=O) groups excluding carboxylic acids is 1. The van der Waals surface area contributed by atoms with E-state index in [4.69, 9.17) is 16.9 Å². The Morgan fingerprint density at radius 3 is 2.56 bits per heavy atom. The molecule has 3 nitrogen and oxygen atoms in total. The Morgan fingerprint density at radius 1 is 1.50 bits per heavy atom. The van der Waals surface area contributed by atoms with E-state index in [1.807, 2.05) is 0 Å². The lowest BCUT2D eigenvalue weighted by Gasteiger charge is -2.13. The van der Waals surface area contributed by atoms with Crippen LogP contribution < -0.4 is 0 Å². The van der Waals surface area contributed by atoms with Crippen molar-refractivity contribution in [2.45, 2.75) is 13.1 Å². The van der Waals surface area contributed by atoms with E-state index in [1.165, 1.54) is 13.0 Å². The molecular formula is C11H7ClF3NO2. The molecule has 0 aliphatic rings. The summed E-state index contributed by atoms with van der Waals surface area (Å²) in [6, 6.07) is 2.85. The summed E-state index contributed by atoms with van der Waals surface area (Å²) in [4.78, 5) is 11.4. The smallest absolute Gasteiger partial charge is 0.417 e. The van der Waals surface area contributed by atoms with Gasteiger partial charge in [-0.25, -0.2) is 4.79 Å². The van der Waals surface area contributed by atoms with E-state index in [2.05, 4.69) is 4.74 Å². The van der Waals surface area contributed by atoms with Crippen molar-refractivity contribution >= 4 is 17.6 Å². The first-order valence-corrected chi connectivity index (χ1v) is 5.17. The summed E-state index contributed by atoms with van der Waals surface area (Å²) in [5.41, 5.74) is -2.28. The number of carbonyl (C=O) groups is 1. The van der Waals surface area contributed by atoms with Crippen molar-refractivity contribution in [3.05, 3.63) is 33.8 Å². The Morgan fingerprint density at radius 2 is 2.11 bits per heavy atom. The number of rotatable bonds is 2. The van der Waals surface area contributed by atoms with E-state index >= 15 is 0 Å². The summed E-state index contributed by atoms with van der Waals surface area (Å²) in [5, 5.41) is 8.40. The molecule has 7 heteroatoms. The highest BCUT2D eigenvalue weighted by molar-refractivity contribution is 6.32. The Labute approximate surface area is 106 Å². The predicted octanol–water partition coefficient (Wildman–Crippen LogP) is 3.41. The molecule has 18 heavy (non-hydrogen) atoms. The Balaban J connectivity index is 3.45. The van der Waals surface area contributed by atoms with Crippen molar-refractivity contribution < 1.29 is 22.7 Å². The molecule has 0 amide bonds. The lowest BCUT2D eigenvalue weighted by atomic mass is 10.0. The SMILES string of the molecule is CCOC(=O)c1cc(Cl)c(C#N)cc1C(F)(F)F. The zero-order chi connectivity index (χ0) is 13.9. The maximum Gasteiger partial charge on any atom is 0.417 e. The molecule has 0 radical (unpaired) electrons. The highest BCUT2D eigenvalue weighted by atomic mass is 35.5. The number of hydrogen-bond acceptors (Lipinski definition) is 3. The lowest BCUT2D eigenvalue weighted by Crippen LogP contribution is -2.15. The van der Waals surface area contributed by atoms with Crippen molar-refractivity contribution in [2.75, 3.05) is 6.61 Å². The Hall–Kier alpha value is -1.74. The van der Waals surface area contributed by atoms with Crippen LogP contribution in [0.15, 0.2) is 12.1 Å². The van der Waals surface area contributed by atoms with E-state index in [1.54, 1.807) is 0 Å². The third kappa shape index (κ3) is 2.93. The molecule has 1 rings (SSSR count). The molecule has 96 valence electrons. The van der Waals surface area contributed by atoms with Gasteiger partial charge in [-0.2, -0.15) is 18.4 Å². The summed E-state index contributed by atoms with van der Waals surface area (Å²) in [6.45, 7) is 1.41. The van der Waals surface area contributed by atoms with Crippen molar-refractivity contribution in [1.82, 2.24) is 0 Å². The lowest BCUT2D eigenvalue weighted by molar-refractivity contribution is -0.138. The molecular weight excluding hydrogens is 271 g/mol. The number of alkyl halides is 3. The van der Waals surface area contributed by atoms with Gasteiger partial charge in [0.25, 0.3) is 0 Å². The number of hydrogen-bond donors (Lipinski definition) is 0. The van der Waals surface area contributed by atoms with Gasteiger partial charge >= 0.3 is 12.1 Å². The molecule has 0 aliphatic carbocycles. The fraction of sp³-hybridized carbons (Fsp3) is 0.273. The highest BCUT2D eigenvalue weighted by Crippen LogP contribution is 2.35. The topological polar surface area (TPSA) is 50.1 Å². The summed E-state index contributed by atoms with van der Waals surface area (Å²) in [6.07, 6.45) is -4.77. The molecule has 0 N–H and O–H groups in total. The van der Waals surface area contributed by atoms with Gasteiger partial charge < -0.3 is 4.74 Å². The molecule has 0 saturated carbocycles. The number of nitriles is 1. The van der Waals surface area contributed by atoms with Gasteiger partial charge in [0.15, 0.2) is 0 Å². The van der Waals surface area contributed by atoms with Crippen molar-refractivity contribution in [3.63, 3.8) is 0 Å². The van der Waals surface area contributed by atoms with Crippen molar-refractivity contribution in [1.29, 1.82) is 5.26 Å². The van der Waals surface area contributed by atoms with Gasteiger partial charge in [-0.15, -0.1) is 0 Å². The van der Waals surface area contributed by atoms with Crippen LogP contribution in [0.2, 0.25) is 5.02 Å². The summed E-state index contributed by atoms with van der Waals surface area (Å²) >= 11 is 5.60. The average Bonchev–Trinajstić information content (AvgIpc) is 2.27. The predicted molar refractivity (Wildman–Crippen MR) is 57.1 cm³/mol. The maximum atomic E-state index is 12.7. The Kier molecular flexibility index (Phi) is 4.19. The third-order valence-corrected chi connectivity index (χ3v) is 2.34. The summed E-state index contributed by atoms with van der Waals surface area (Å²) in [5.74, 6) is -1.13. The fourth-order valence-electron chi connectivity index (χ4n) is 1.27. The number of benzene rings is 1. The Bertz CT molecular complexity index is 520. The second kappa shape index (κ2) is 5.27. The quantitative estimate of drug-likeness (QED) is 0.778. The molecule has 0 unspecified atom stereocenters. The zero-order valence-electron chi connectivity index (χ0n) is 9.14. The minimum Gasteiger partial charge on any atom is -0.462 e. The number of nitrogens with zero attached hydrogens (tertiary/aromatic N) is 1. The molecule has 0 aromatic heterocycles. The van der Waals surface area contributed by atoms with E-state index in [9.17, 15) is 18.0 Å². The summed E-state index contributed by atoms with van der Waals surface area (Å²) in [7, 11) is 0. The van der Waals surface area contributed by atoms with Crippen LogP contribution in [0.25, 0.3) is 0 Å². The second-order valence-corrected chi connectivity index (χ2v) is 3.61. The van der Waals surface area contributed by atoms with E-state index < -0.39 is 23.3 Å². The third-order valence-electron chi connectivity index (χ3n) is 2.03. The van der Waals surface area contributed by atoms with Crippen LogP contribution in [0.5, 0.6) is 0 Å². The van der Waals surface area contributed by atoms with Crippen LogP contribution in [0.4, 0.5) is 13.2 Å². The maximum absolute atomic E-state index is 12.7. The molecule has 1 aromatic rings. The standard InChI is InChI=1S/C11H7ClF3NO2/c1-2-18-10(17)7-4-9(12)6(5-16)3-8(7)11(13,14)15/h3-4H,2H2,1H3. The van der Waals surface area contributed by atoms with Crippen LogP contribution in [-0.2, 0) is 10.9 Å². The highest BCUT2D eigenvalue weighted by Gasteiger charge is 2.36. The molecule has 0 spiro atoms. The summed E-state index contributed by atoms with van der Waals surface area (Å²) < 4.78 is 42.7. The molecule has 0 bridgehead atoms. The van der Waals surface area contributed by atoms with Crippen LogP contribution in [0.1, 0.15) is 28.4 Å². The number of ether oxygens (including phenoxy) is 1. The molecule has 0 atom stereocenters. The normalized spacial score (nSPS) is 10.9.